The van der Waals surface area contributed by atoms with Crippen molar-refractivity contribution in [3.8, 4) is 0 Å². The van der Waals surface area contributed by atoms with Gasteiger partial charge in [-0.2, -0.15) is 0 Å². The van der Waals surface area contributed by atoms with Gasteiger partial charge in [0.05, 0.1) is 0 Å². The second kappa shape index (κ2) is 6.57. The van der Waals surface area contributed by atoms with E-state index in [1.54, 1.807) is 6.08 Å². The molecule has 12 heavy (non-hydrogen) atoms. The first-order valence-electron chi connectivity index (χ1n) is 3.58. The molecule has 3 N–H and O–H groups in total. The van der Waals surface area contributed by atoms with Crippen LogP contribution in [0.2, 0.25) is 0 Å². The van der Waals surface area contributed by atoms with Crippen LogP contribution in [0, 0.1) is 0 Å². The molecule has 0 aromatic heterocycles. The molecule has 0 aliphatic heterocycles. The van der Waals surface area contributed by atoms with Crippen LogP contribution >= 0.6 is 0 Å². The van der Waals surface area contributed by atoms with Gasteiger partial charge in [0.15, 0.2) is 0 Å². The molecule has 0 aliphatic carbocycles. The third kappa shape index (κ3) is 5.64. The third-order valence-corrected chi connectivity index (χ3v) is 1.08. The van der Waals surface area contributed by atoms with E-state index in [4.69, 9.17) is 10.5 Å². The molecular weight excluding hydrogens is 156 g/mol. The van der Waals surface area contributed by atoms with Gasteiger partial charge < -0.3 is 15.8 Å². The summed E-state index contributed by atoms with van der Waals surface area (Å²) in [7, 11) is 0. The summed E-state index contributed by atoms with van der Waals surface area (Å²) < 4.78 is 4.86. The number of carbonyl (C=O) groups excluding carboxylic acids is 1. The molecule has 0 spiro atoms. The highest BCUT2D eigenvalue weighted by Crippen LogP contribution is 1.82. The van der Waals surface area contributed by atoms with E-state index in [1.165, 1.54) is 6.08 Å². The van der Waals surface area contributed by atoms with E-state index in [0.29, 0.717) is 6.54 Å². The van der Waals surface area contributed by atoms with Gasteiger partial charge in [-0.15, -0.1) is 6.58 Å². The second-order valence-corrected chi connectivity index (χ2v) is 2.10. The largest absolute Gasteiger partial charge is 0.351 e. The maximum absolute atomic E-state index is 10.8. The number of amides is 1. The Morgan fingerprint density at radius 2 is 2.33 bits per heavy atom. The lowest BCUT2D eigenvalue weighted by Crippen LogP contribution is -2.31. The Bertz CT molecular complexity index is 168. The predicted molar refractivity (Wildman–Crippen MR) is 47.3 cm³/mol. The monoisotopic (exact) mass is 170 g/mol. The number of rotatable bonds is 6. The zero-order valence-corrected chi connectivity index (χ0v) is 6.95. The fraction of sp³-hybridized carbons (Fsp3) is 0.375. The smallest absolute Gasteiger partial charge is 0.246 e. The Morgan fingerprint density at radius 3 is 2.83 bits per heavy atom. The summed E-state index contributed by atoms with van der Waals surface area (Å²) in [5.74, 6) is -0.216. The zero-order valence-electron chi connectivity index (χ0n) is 6.95. The Morgan fingerprint density at radius 1 is 1.67 bits per heavy atom. The van der Waals surface area contributed by atoms with Crippen molar-refractivity contribution in [1.82, 2.24) is 5.32 Å². The maximum Gasteiger partial charge on any atom is 0.246 e. The fourth-order valence-corrected chi connectivity index (χ4v) is 0.477. The minimum atomic E-state index is -0.584. The van der Waals surface area contributed by atoms with Crippen molar-refractivity contribution >= 4 is 5.91 Å². The molecule has 1 unspecified atom stereocenters. The zero-order chi connectivity index (χ0) is 9.40. The molecule has 1 atom stereocenters. The summed E-state index contributed by atoms with van der Waals surface area (Å²) in [6.45, 7) is 7.23. The topological polar surface area (TPSA) is 64.3 Å². The van der Waals surface area contributed by atoms with Crippen molar-refractivity contribution in [2.75, 3.05) is 13.2 Å². The molecule has 0 saturated carbocycles. The Kier molecular flexibility index (Phi) is 5.95. The fourth-order valence-electron chi connectivity index (χ4n) is 0.477. The lowest BCUT2D eigenvalue weighted by atomic mass is 10.5. The summed E-state index contributed by atoms with van der Waals surface area (Å²) in [6, 6.07) is 0. The molecule has 0 bridgehead atoms. The van der Waals surface area contributed by atoms with Crippen LogP contribution < -0.4 is 11.1 Å². The number of hydrogen-bond donors (Lipinski definition) is 2. The van der Waals surface area contributed by atoms with Gasteiger partial charge in [0.25, 0.3) is 0 Å². The van der Waals surface area contributed by atoms with Crippen LogP contribution in [0.25, 0.3) is 0 Å². The molecule has 4 nitrogen and oxygen atoms in total. The van der Waals surface area contributed by atoms with Crippen LogP contribution in [0.15, 0.2) is 25.3 Å². The van der Waals surface area contributed by atoms with Crippen LogP contribution in [0.4, 0.5) is 0 Å². The van der Waals surface area contributed by atoms with Crippen molar-refractivity contribution in [3.63, 3.8) is 0 Å². The molecular formula is C8H14N2O2. The number of ether oxygens (including phenoxy) is 1. The van der Waals surface area contributed by atoms with Gasteiger partial charge in [-0.3, -0.25) is 4.79 Å². The predicted octanol–water partition coefficient (Wildman–Crippen LogP) is -0.224. The number of carbonyl (C=O) groups is 1. The molecule has 0 fully saturated rings. The minimum absolute atomic E-state index is 0.0545. The Labute approximate surface area is 72.1 Å². The molecule has 1 amide bonds. The molecule has 0 aromatic carbocycles. The summed E-state index contributed by atoms with van der Waals surface area (Å²) in [5, 5.41) is 2.54. The van der Waals surface area contributed by atoms with Gasteiger partial charge in [0.2, 0.25) is 5.91 Å². The first-order chi connectivity index (χ1) is 5.70. The summed E-state index contributed by atoms with van der Waals surface area (Å²) >= 11 is 0. The lowest BCUT2D eigenvalue weighted by Gasteiger charge is -2.07. The van der Waals surface area contributed by atoms with Crippen LogP contribution in [0.1, 0.15) is 0 Å². The van der Waals surface area contributed by atoms with E-state index in [-0.39, 0.29) is 12.5 Å². The standard InChI is InChI=1S/C8H14N2O2/c1-3-5-10-8(11)6-12-7(9)4-2/h3-4,7H,1-2,5-6,9H2,(H,10,11). The average molecular weight is 170 g/mol. The minimum Gasteiger partial charge on any atom is -0.351 e. The molecule has 68 valence electrons. The van der Waals surface area contributed by atoms with Gasteiger partial charge in [-0.25, -0.2) is 0 Å². The van der Waals surface area contributed by atoms with Crippen molar-refractivity contribution < 1.29 is 9.53 Å². The molecule has 0 aromatic rings. The molecule has 0 rings (SSSR count). The SMILES string of the molecule is C=CCNC(=O)COC(N)C=C. The molecule has 0 aliphatic rings. The number of hydrogen-bond acceptors (Lipinski definition) is 3. The summed E-state index contributed by atoms with van der Waals surface area (Å²) in [4.78, 5) is 10.8. The summed E-state index contributed by atoms with van der Waals surface area (Å²) in [6.07, 6.45) is 2.42. The average Bonchev–Trinajstić information content (AvgIpc) is 2.10. The first kappa shape index (κ1) is 10.9. The first-order valence-corrected chi connectivity index (χ1v) is 3.58. The van der Waals surface area contributed by atoms with Crippen LogP contribution in [0.5, 0.6) is 0 Å². The van der Waals surface area contributed by atoms with E-state index in [1.807, 2.05) is 0 Å². The van der Waals surface area contributed by atoms with E-state index < -0.39 is 6.23 Å². The van der Waals surface area contributed by atoms with Gasteiger partial charge >= 0.3 is 0 Å². The van der Waals surface area contributed by atoms with E-state index in [0.717, 1.165) is 0 Å². The highest BCUT2D eigenvalue weighted by Gasteiger charge is 2.01. The van der Waals surface area contributed by atoms with Gasteiger partial charge in [-0.1, -0.05) is 12.7 Å². The second-order valence-electron chi connectivity index (χ2n) is 2.10. The quantitative estimate of drug-likeness (QED) is 0.427. The van der Waals surface area contributed by atoms with Crippen molar-refractivity contribution in [3.05, 3.63) is 25.3 Å². The van der Waals surface area contributed by atoms with Gasteiger partial charge in [0.1, 0.15) is 12.8 Å². The van der Waals surface area contributed by atoms with Crippen LogP contribution in [0.3, 0.4) is 0 Å². The molecule has 4 heteroatoms. The number of nitrogens with two attached hydrogens (primary N) is 1. The van der Waals surface area contributed by atoms with Crippen molar-refractivity contribution in [1.29, 1.82) is 0 Å². The Balaban J connectivity index is 3.42. The number of nitrogens with one attached hydrogen (secondary N) is 1. The highest BCUT2D eigenvalue weighted by atomic mass is 16.5. The van der Waals surface area contributed by atoms with Crippen molar-refractivity contribution in [2.24, 2.45) is 5.73 Å². The van der Waals surface area contributed by atoms with E-state index in [2.05, 4.69) is 18.5 Å². The van der Waals surface area contributed by atoms with Crippen LogP contribution in [-0.4, -0.2) is 25.3 Å². The maximum atomic E-state index is 10.8. The van der Waals surface area contributed by atoms with E-state index >= 15 is 0 Å². The van der Waals surface area contributed by atoms with Gasteiger partial charge in [0, 0.05) is 6.54 Å². The van der Waals surface area contributed by atoms with Crippen LogP contribution in [-0.2, 0) is 9.53 Å². The third-order valence-electron chi connectivity index (χ3n) is 1.08. The van der Waals surface area contributed by atoms with E-state index in [9.17, 15) is 4.79 Å². The molecule has 0 saturated heterocycles. The van der Waals surface area contributed by atoms with Gasteiger partial charge in [-0.05, 0) is 6.08 Å². The normalized spacial score (nSPS) is 11.8. The summed E-state index contributed by atoms with van der Waals surface area (Å²) in [5.41, 5.74) is 5.31. The van der Waals surface area contributed by atoms with Crippen molar-refractivity contribution in [2.45, 2.75) is 6.23 Å². The molecule has 0 heterocycles. The highest BCUT2D eigenvalue weighted by molar-refractivity contribution is 5.77. The lowest BCUT2D eigenvalue weighted by molar-refractivity contribution is -0.126. The Hall–Kier alpha value is -1.13. The molecule has 0 radical (unpaired) electrons.